The number of carbonyl (C=O) groups excluding carboxylic acids is 1. The standard InChI is InChI=1S/C10H18O5/c1-4-9(11)15-10(3,12)8-14-7-6-13-5-2/h4,12H,1,5-8H2,2-3H3. The van der Waals surface area contributed by atoms with Gasteiger partial charge in [-0.1, -0.05) is 6.58 Å². The lowest BCUT2D eigenvalue weighted by atomic mass is 10.3. The van der Waals surface area contributed by atoms with Gasteiger partial charge >= 0.3 is 5.97 Å². The molecule has 1 atom stereocenters. The van der Waals surface area contributed by atoms with E-state index in [1.807, 2.05) is 6.92 Å². The van der Waals surface area contributed by atoms with Crippen molar-refractivity contribution in [2.75, 3.05) is 26.4 Å². The number of hydrogen-bond donors (Lipinski definition) is 1. The van der Waals surface area contributed by atoms with Gasteiger partial charge in [0.05, 0.1) is 13.2 Å². The highest BCUT2D eigenvalue weighted by molar-refractivity contribution is 5.81. The fourth-order valence-electron chi connectivity index (χ4n) is 0.812. The molecule has 0 aromatic carbocycles. The molecule has 0 saturated carbocycles. The summed E-state index contributed by atoms with van der Waals surface area (Å²) in [5.41, 5.74) is 0. The second-order valence-electron chi connectivity index (χ2n) is 3.05. The number of aliphatic hydroxyl groups is 1. The molecule has 5 heteroatoms. The number of esters is 1. The molecule has 0 amide bonds. The van der Waals surface area contributed by atoms with Crippen molar-refractivity contribution in [3.8, 4) is 0 Å². The quantitative estimate of drug-likeness (QED) is 0.278. The largest absolute Gasteiger partial charge is 0.428 e. The molecule has 0 aliphatic rings. The minimum atomic E-state index is -1.63. The summed E-state index contributed by atoms with van der Waals surface area (Å²) >= 11 is 0. The Kier molecular flexibility index (Phi) is 6.94. The van der Waals surface area contributed by atoms with Crippen molar-refractivity contribution >= 4 is 5.97 Å². The zero-order chi connectivity index (χ0) is 11.7. The smallest absolute Gasteiger partial charge is 0.332 e. The summed E-state index contributed by atoms with van der Waals surface area (Å²) in [6.45, 7) is 7.75. The van der Waals surface area contributed by atoms with E-state index in [2.05, 4.69) is 11.3 Å². The van der Waals surface area contributed by atoms with Gasteiger partial charge in [-0.05, 0) is 6.92 Å². The van der Waals surface area contributed by atoms with Crippen LogP contribution in [-0.2, 0) is 19.0 Å². The lowest BCUT2D eigenvalue weighted by Crippen LogP contribution is -2.36. The minimum absolute atomic E-state index is 0.0976. The molecule has 0 aromatic heterocycles. The first kappa shape index (κ1) is 14.1. The van der Waals surface area contributed by atoms with Gasteiger partial charge in [0, 0.05) is 19.6 Å². The summed E-state index contributed by atoms with van der Waals surface area (Å²) in [4.78, 5) is 10.8. The van der Waals surface area contributed by atoms with Gasteiger partial charge in [0.15, 0.2) is 0 Å². The van der Waals surface area contributed by atoms with Gasteiger partial charge in [-0.25, -0.2) is 4.79 Å². The summed E-state index contributed by atoms with van der Waals surface area (Å²) in [6.07, 6.45) is 0.981. The maximum Gasteiger partial charge on any atom is 0.332 e. The van der Waals surface area contributed by atoms with E-state index in [-0.39, 0.29) is 6.61 Å². The van der Waals surface area contributed by atoms with Gasteiger partial charge in [0.25, 0.3) is 0 Å². The first-order valence-corrected chi connectivity index (χ1v) is 4.75. The van der Waals surface area contributed by atoms with Crippen molar-refractivity contribution in [1.29, 1.82) is 0 Å². The zero-order valence-corrected chi connectivity index (χ0v) is 9.19. The highest BCUT2D eigenvalue weighted by atomic mass is 16.7. The fourth-order valence-corrected chi connectivity index (χ4v) is 0.812. The van der Waals surface area contributed by atoms with Crippen LogP contribution in [0, 0.1) is 0 Å². The number of rotatable bonds is 8. The maximum absolute atomic E-state index is 10.8. The van der Waals surface area contributed by atoms with Crippen LogP contribution in [0.25, 0.3) is 0 Å². The molecule has 0 aliphatic carbocycles. The van der Waals surface area contributed by atoms with Crippen LogP contribution in [0.5, 0.6) is 0 Å². The summed E-state index contributed by atoms with van der Waals surface area (Å²) in [5.74, 6) is -2.31. The van der Waals surface area contributed by atoms with Crippen LogP contribution >= 0.6 is 0 Å². The summed E-state index contributed by atoms with van der Waals surface area (Å²) in [6, 6.07) is 0. The van der Waals surface area contributed by atoms with Crippen LogP contribution in [0.1, 0.15) is 13.8 Å². The Morgan fingerprint density at radius 3 is 2.60 bits per heavy atom. The van der Waals surface area contributed by atoms with Gasteiger partial charge in [0.2, 0.25) is 5.79 Å². The molecule has 0 bridgehead atoms. The van der Waals surface area contributed by atoms with E-state index in [0.29, 0.717) is 19.8 Å². The van der Waals surface area contributed by atoms with E-state index in [0.717, 1.165) is 6.08 Å². The first-order chi connectivity index (χ1) is 7.02. The second kappa shape index (κ2) is 7.39. The fraction of sp³-hybridized carbons (Fsp3) is 0.700. The second-order valence-corrected chi connectivity index (χ2v) is 3.05. The van der Waals surface area contributed by atoms with Crippen LogP contribution in [0.3, 0.4) is 0 Å². The topological polar surface area (TPSA) is 65.0 Å². The van der Waals surface area contributed by atoms with Crippen molar-refractivity contribution in [1.82, 2.24) is 0 Å². The third-order valence-electron chi connectivity index (χ3n) is 1.43. The Morgan fingerprint density at radius 1 is 1.47 bits per heavy atom. The van der Waals surface area contributed by atoms with Crippen LogP contribution < -0.4 is 0 Å². The average Bonchev–Trinajstić information content (AvgIpc) is 2.16. The van der Waals surface area contributed by atoms with Crippen LogP contribution in [0.4, 0.5) is 0 Å². The summed E-state index contributed by atoms with van der Waals surface area (Å²) in [5, 5.41) is 9.52. The van der Waals surface area contributed by atoms with E-state index in [1.54, 1.807) is 0 Å². The first-order valence-electron chi connectivity index (χ1n) is 4.75. The molecular weight excluding hydrogens is 200 g/mol. The van der Waals surface area contributed by atoms with Crippen LogP contribution in [0.15, 0.2) is 12.7 Å². The van der Waals surface area contributed by atoms with Crippen LogP contribution in [0.2, 0.25) is 0 Å². The highest BCUT2D eigenvalue weighted by Crippen LogP contribution is 2.06. The van der Waals surface area contributed by atoms with Crippen molar-refractivity contribution in [2.24, 2.45) is 0 Å². The molecule has 1 unspecified atom stereocenters. The molecule has 0 fully saturated rings. The Hall–Kier alpha value is -0.910. The Labute approximate surface area is 89.6 Å². The molecule has 0 radical (unpaired) electrons. The molecule has 1 N–H and O–H groups in total. The molecule has 0 saturated heterocycles. The minimum Gasteiger partial charge on any atom is -0.428 e. The predicted molar refractivity (Wildman–Crippen MR) is 54.2 cm³/mol. The van der Waals surface area contributed by atoms with Gasteiger partial charge in [-0.3, -0.25) is 0 Å². The van der Waals surface area contributed by atoms with E-state index >= 15 is 0 Å². The molecule has 0 rings (SSSR count). The van der Waals surface area contributed by atoms with E-state index in [1.165, 1.54) is 6.92 Å². The molecule has 0 spiro atoms. The Balaban J connectivity index is 3.64. The van der Waals surface area contributed by atoms with Gasteiger partial charge in [-0.2, -0.15) is 0 Å². The van der Waals surface area contributed by atoms with E-state index in [9.17, 15) is 9.90 Å². The highest BCUT2D eigenvalue weighted by Gasteiger charge is 2.24. The van der Waals surface area contributed by atoms with Crippen molar-refractivity contribution in [3.63, 3.8) is 0 Å². The molecule has 0 heterocycles. The van der Waals surface area contributed by atoms with Gasteiger partial charge in [0.1, 0.15) is 6.61 Å². The SMILES string of the molecule is C=CC(=O)OC(C)(O)COCCOCC. The Bertz CT molecular complexity index is 200. The van der Waals surface area contributed by atoms with Gasteiger partial charge < -0.3 is 19.3 Å². The zero-order valence-electron chi connectivity index (χ0n) is 9.19. The lowest BCUT2D eigenvalue weighted by Gasteiger charge is -2.22. The third-order valence-corrected chi connectivity index (χ3v) is 1.43. The third kappa shape index (κ3) is 8.11. The summed E-state index contributed by atoms with van der Waals surface area (Å²) in [7, 11) is 0. The van der Waals surface area contributed by atoms with Gasteiger partial charge in [-0.15, -0.1) is 0 Å². The number of hydrogen-bond acceptors (Lipinski definition) is 5. The normalized spacial score (nSPS) is 14.3. The van der Waals surface area contributed by atoms with E-state index < -0.39 is 11.8 Å². The predicted octanol–water partition coefficient (Wildman–Crippen LogP) is 0.477. The molecule has 15 heavy (non-hydrogen) atoms. The molecule has 88 valence electrons. The van der Waals surface area contributed by atoms with Crippen molar-refractivity contribution in [2.45, 2.75) is 19.6 Å². The monoisotopic (exact) mass is 218 g/mol. The maximum atomic E-state index is 10.8. The van der Waals surface area contributed by atoms with Crippen molar-refractivity contribution < 1.29 is 24.1 Å². The molecule has 0 aliphatic heterocycles. The average molecular weight is 218 g/mol. The molecular formula is C10H18O5. The number of carbonyl (C=O) groups is 1. The van der Waals surface area contributed by atoms with Crippen molar-refractivity contribution in [3.05, 3.63) is 12.7 Å². The number of ether oxygens (including phenoxy) is 3. The molecule has 5 nitrogen and oxygen atoms in total. The molecule has 0 aromatic rings. The lowest BCUT2D eigenvalue weighted by molar-refractivity contribution is -0.216. The summed E-state index contributed by atoms with van der Waals surface area (Å²) < 4.78 is 14.7. The van der Waals surface area contributed by atoms with E-state index in [4.69, 9.17) is 9.47 Å². The van der Waals surface area contributed by atoms with Crippen LogP contribution in [-0.4, -0.2) is 43.3 Å². The Morgan fingerprint density at radius 2 is 2.07 bits per heavy atom.